The van der Waals surface area contributed by atoms with Gasteiger partial charge in [0.15, 0.2) is 6.10 Å². The van der Waals surface area contributed by atoms with Crippen LogP contribution in [0, 0.1) is 0 Å². The van der Waals surface area contributed by atoms with E-state index in [1.165, 1.54) is 6.21 Å². The molecule has 0 spiro atoms. The molecule has 38 heavy (non-hydrogen) atoms. The second kappa shape index (κ2) is 13.2. The molecule has 0 bridgehead atoms. The Bertz CT molecular complexity index is 1390. The first-order valence-corrected chi connectivity index (χ1v) is 12.6. The summed E-state index contributed by atoms with van der Waals surface area (Å²) in [6.07, 6.45) is 0.600. The molecule has 0 aliphatic carbocycles. The first kappa shape index (κ1) is 26.6. The molecule has 0 aromatic heterocycles. The number of esters is 1. The maximum Gasteiger partial charge on any atom is 0.343 e. The fourth-order valence-electron chi connectivity index (χ4n) is 3.32. The first-order chi connectivity index (χ1) is 18.5. The van der Waals surface area contributed by atoms with Gasteiger partial charge in [-0.25, -0.2) is 10.2 Å². The highest BCUT2D eigenvalue weighted by atomic mass is 79.9. The SMILES string of the molecule is C[C@@H](Oc1ccc(OCc2ccccc2)cc1)C(=O)N/N=C\c1cc(Br)ccc1OC(=O)c1ccccc1. The molecule has 0 saturated carbocycles. The Balaban J connectivity index is 1.30. The van der Waals surface area contributed by atoms with E-state index in [0.29, 0.717) is 35.0 Å². The summed E-state index contributed by atoms with van der Waals surface area (Å²) in [5, 5.41) is 4.02. The number of amides is 1. The number of benzene rings is 4. The zero-order chi connectivity index (χ0) is 26.7. The van der Waals surface area contributed by atoms with E-state index in [2.05, 4.69) is 26.5 Å². The van der Waals surface area contributed by atoms with E-state index in [1.54, 1.807) is 73.7 Å². The number of nitrogens with zero attached hydrogens (tertiary/aromatic N) is 1. The molecule has 0 radical (unpaired) electrons. The molecule has 0 aliphatic heterocycles. The molecule has 4 aromatic carbocycles. The van der Waals surface area contributed by atoms with Crippen LogP contribution < -0.4 is 19.6 Å². The smallest absolute Gasteiger partial charge is 0.343 e. The first-order valence-electron chi connectivity index (χ1n) is 11.8. The second-order valence-electron chi connectivity index (χ2n) is 8.18. The van der Waals surface area contributed by atoms with Gasteiger partial charge in [-0.1, -0.05) is 64.5 Å². The molecule has 1 atom stereocenters. The number of nitrogens with one attached hydrogen (secondary N) is 1. The zero-order valence-electron chi connectivity index (χ0n) is 20.5. The monoisotopic (exact) mass is 572 g/mol. The zero-order valence-corrected chi connectivity index (χ0v) is 22.1. The summed E-state index contributed by atoms with van der Waals surface area (Å²) in [7, 11) is 0. The van der Waals surface area contributed by atoms with Crippen molar-refractivity contribution in [3.05, 3.63) is 124 Å². The highest BCUT2D eigenvalue weighted by Gasteiger charge is 2.15. The van der Waals surface area contributed by atoms with Crippen molar-refractivity contribution in [1.82, 2.24) is 5.43 Å². The average Bonchev–Trinajstić information content (AvgIpc) is 2.95. The van der Waals surface area contributed by atoms with Gasteiger partial charge in [0.2, 0.25) is 0 Å². The summed E-state index contributed by atoms with van der Waals surface area (Å²) in [6, 6.07) is 30.7. The molecule has 4 rings (SSSR count). The molecule has 1 N–H and O–H groups in total. The maximum atomic E-state index is 12.5. The van der Waals surface area contributed by atoms with Crippen molar-refractivity contribution < 1.29 is 23.8 Å². The van der Waals surface area contributed by atoms with Gasteiger partial charge in [0.25, 0.3) is 5.91 Å². The number of ether oxygens (including phenoxy) is 3. The highest BCUT2D eigenvalue weighted by molar-refractivity contribution is 9.10. The van der Waals surface area contributed by atoms with Gasteiger partial charge in [-0.3, -0.25) is 4.79 Å². The van der Waals surface area contributed by atoms with E-state index in [0.717, 1.165) is 10.0 Å². The van der Waals surface area contributed by atoms with Crippen LogP contribution in [0.5, 0.6) is 17.2 Å². The van der Waals surface area contributed by atoms with Crippen LogP contribution in [0.4, 0.5) is 0 Å². The Kier molecular flexibility index (Phi) is 9.26. The molecule has 8 heteroatoms. The van der Waals surface area contributed by atoms with Crippen molar-refractivity contribution in [2.24, 2.45) is 5.10 Å². The van der Waals surface area contributed by atoms with Gasteiger partial charge in [0.1, 0.15) is 23.9 Å². The predicted molar refractivity (Wildman–Crippen MR) is 149 cm³/mol. The van der Waals surface area contributed by atoms with E-state index < -0.39 is 18.0 Å². The third-order valence-corrected chi connectivity index (χ3v) is 5.81. The van der Waals surface area contributed by atoms with Crippen molar-refractivity contribution >= 4 is 34.0 Å². The standard InChI is InChI=1S/C30H25BrN2O5/c1-21(37-27-15-13-26(14-16-27)36-20-22-8-4-2-5-9-22)29(34)33-32-19-24-18-25(31)12-17-28(24)38-30(35)23-10-6-3-7-11-23/h2-19,21H,20H2,1H3,(H,33,34)/b32-19-/t21-/m1/s1. The number of hydrazone groups is 1. The van der Waals surface area contributed by atoms with E-state index in [4.69, 9.17) is 14.2 Å². The summed E-state index contributed by atoms with van der Waals surface area (Å²) < 4.78 is 17.8. The minimum Gasteiger partial charge on any atom is -0.489 e. The Hall–Kier alpha value is -4.43. The summed E-state index contributed by atoms with van der Waals surface area (Å²) in [5.74, 6) is 0.582. The largest absolute Gasteiger partial charge is 0.489 e. The molecule has 1 amide bonds. The fraction of sp³-hybridized carbons (Fsp3) is 0.100. The summed E-state index contributed by atoms with van der Waals surface area (Å²) in [5.41, 5.74) is 4.46. The van der Waals surface area contributed by atoms with Crippen LogP contribution in [0.3, 0.4) is 0 Å². The molecule has 0 fully saturated rings. The highest BCUT2D eigenvalue weighted by Crippen LogP contribution is 2.23. The van der Waals surface area contributed by atoms with Gasteiger partial charge in [-0.2, -0.15) is 5.10 Å². The van der Waals surface area contributed by atoms with Crippen LogP contribution >= 0.6 is 15.9 Å². The molecule has 192 valence electrons. The van der Waals surface area contributed by atoms with Crippen LogP contribution in [0.2, 0.25) is 0 Å². The van der Waals surface area contributed by atoms with Crippen LogP contribution in [0.15, 0.2) is 113 Å². The van der Waals surface area contributed by atoms with E-state index in [1.807, 2.05) is 36.4 Å². The lowest BCUT2D eigenvalue weighted by molar-refractivity contribution is -0.127. The Morgan fingerprint density at radius 1 is 0.895 bits per heavy atom. The van der Waals surface area contributed by atoms with Gasteiger partial charge < -0.3 is 14.2 Å². The Labute approximate surface area is 229 Å². The Morgan fingerprint density at radius 3 is 2.26 bits per heavy atom. The number of hydrogen-bond donors (Lipinski definition) is 1. The van der Waals surface area contributed by atoms with Crippen molar-refractivity contribution in [3.8, 4) is 17.2 Å². The molecular weight excluding hydrogens is 548 g/mol. The van der Waals surface area contributed by atoms with Crippen molar-refractivity contribution in [2.45, 2.75) is 19.6 Å². The van der Waals surface area contributed by atoms with Crippen LogP contribution in [-0.2, 0) is 11.4 Å². The molecule has 7 nitrogen and oxygen atoms in total. The lowest BCUT2D eigenvalue weighted by atomic mass is 10.2. The normalized spacial score (nSPS) is 11.5. The molecular formula is C30H25BrN2O5. The Morgan fingerprint density at radius 2 is 1.55 bits per heavy atom. The topological polar surface area (TPSA) is 86.2 Å². The fourth-order valence-corrected chi connectivity index (χ4v) is 3.69. The van der Waals surface area contributed by atoms with E-state index >= 15 is 0 Å². The summed E-state index contributed by atoms with van der Waals surface area (Å²) in [4.78, 5) is 25.0. The molecule has 0 heterocycles. The molecule has 0 unspecified atom stereocenters. The summed E-state index contributed by atoms with van der Waals surface area (Å²) >= 11 is 3.40. The van der Waals surface area contributed by atoms with Crippen LogP contribution in [-0.4, -0.2) is 24.2 Å². The number of halogens is 1. The van der Waals surface area contributed by atoms with Gasteiger partial charge in [-0.05, 0) is 67.1 Å². The van der Waals surface area contributed by atoms with Gasteiger partial charge in [-0.15, -0.1) is 0 Å². The van der Waals surface area contributed by atoms with Gasteiger partial charge in [0.05, 0.1) is 11.8 Å². The minimum atomic E-state index is -0.805. The number of rotatable bonds is 10. The average molecular weight is 573 g/mol. The minimum absolute atomic E-state index is 0.305. The second-order valence-corrected chi connectivity index (χ2v) is 9.09. The van der Waals surface area contributed by atoms with E-state index in [9.17, 15) is 9.59 Å². The molecule has 0 saturated heterocycles. The lowest BCUT2D eigenvalue weighted by Crippen LogP contribution is -2.33. The lowest BCUT2D eigenvalue weighted by Gasteiger charge is -2.13. The number of carbonyl (C=O) groups is 2. The van der Waals surface area contributed by atoms with Gasteiger partial charge in [0, 0.05) is 10.0 Å². The van der Waals surface area contributed by atoms with Crippen molar-refractivity contribution in [3.63, 3.8) is 0 Å². The van der Waals surface area contributed by atoms with Crippen molar-refractivity contribution in [1.29, 1.82) is 0 Å². The maximum absolute atomic E-state index is 12.5. The third kappa shape index (κ3) is 7.78. The number of carbonyl (C=O) groups excluding carboxylic acids is 2. The number of hydrogen-bond acceptors (Lipinski definition) is 6. The van der Waals surface area contributed by atoms with Crippen LogP contribution in [0.1, 0.15) is 28.4 Å². The molecule has 4 aromatic rings. The third-order valence-electron chi connectivity index (χ3n) is 5.32. The predicted octanol–water partition coefficient (Wildman–Crippen LogP) is 6.16. The quantitative estimate of drug-likeness (QED) is 0.106. The van der Waals surface area contributed by atoms with Crippen molar-refractivity contribution in [2.75, 3.05) is 0 Å². The summed E-state index contributed by atoms with van der Waals surface area (Å²) in [6.45, 7) is 2.08. The van der Waals surface area contributed by atoms with Gasteiger partial charge >= 0.3 is 5.97 Å². The molecule has 0 aliphatic rings. The van der Waals surface area contributed by atoms with Crippen LogP contribution in [0.25, 0.3) is 0 Å². The van der Waals surface area contributed by atoms with E-state index in [-0.39, 0.29) is 0 Å².